The van der Waals surface area contributed by atoms with Crippen LogP contribution < -0.4 is 10.3 Å². The molecule has 130 valence electrons. The molecule has 0 amide bonds. The summed E-state index contributed by atoms with van der Waals surface area (Å²) in [5.74, 6) is 0.652. The molecule has 1 N–H and O–H groups in total. The Hall–Kier alpha value is -1.55. The predicted octanol–water partition coefficient (Wildman–Crippen LogP) is 5.78. The molecule has 0 radical (unpaired) electrons. The Bertz CT molecular complexity index is 434. The largest absolute Gasteiger partial charge is 0.389 e. The monoisotopic (exact) mass is 339 g/mol. The minimum atomic E-state index is 0.581. The first-order chi connectivity index (χ1) is 10.9. The molecule has 0 aliphatic carbocycles. The highest BCUT2D eigenvalue weighted by Gasteiger charge is 2.06. The Kier molecular flexibility index (Phi) is 12.1. The van der Waals surface area contributed by atoms with Gasteiger partial charge in [0.15, 0.2) is 0 Å². The minimum Gasteiger partial charge on any atom is -0.389 e. The van der Waals surface area contributed by atoms with E-state index in [1.54, 1.807) is 30.5 Å². The second kappa shape index (κ2) is 12.9. The lowest BCUT2D eigenvalue weighted by atomic mass is 10.1. The molecule has 1 aromatic rings. The number of rotatable bonds is 9. The summed E-state index contributed by atoms with van der Waals surface area (Å²) < 4.78 is 0. The second-order valence-corrected chi connectivity index (χ2v) is 6.33. The van der Waals surface area contributed by atoms with Crippen molar-refractivity contribution in [2.24, 2.45) is 11.2 Å². The zero-order valence-corrected chi connectivity index (χ0v) is 15.5. The van der Waals surface area contributed by atoms with Crippen LogP contribution >= 0.6 is 11.6 Å². The Balaban J connectivity index is 0.000000585. The third-order valence-electron chi connectivity index (χ3n) is 3.39. The predicted molar refractivity (Wildman–Crippen MR) is 102 cm³/mol. The van der Waals surface area contributed by atoms with Crippen LogP contribution in [0.15, 0.2) is 42.3 Å². The summed E-state index contributed by atoms with van der Waals surface area (Å²) in [5.41, 5.74) is 0.795. The molecule has 1 unspecified atom stereocenters. The number of nitrogens with one attached hydrogen (secondary N) is 1. The van der Waals surface area contributed by atoms with Crippen molar-refractivity contribution in [2.45, 2.75) is 53.0 Å². The van der Waals surface area contributed by atoms with Crippen LogP contribution in [0.1, 0.15) is 47.0 Å². The molecule has 0 aromatic heterocycles. The third kappa shape index (κ3) is 10.7. The number of halogens is 1. The number of nitrogens with zero attached hydrogens (tertiary/aromatic N) is 2. The molecule has 0 bridgehead atoms. The average Bonchev–Trinajstić information content (AvgIpc) is 2.53. The molecule has 1 rings (SSSR count). The van der Waals surface area contributed by atoms with Gasteiger partial charge in [-0.1, -0.05) is 39.0 Å². The average molecular weight is 340 g/mol. The van der Waals surface area contributed by atoms with Crippen molar-refractivity contribution in [3.63, 3.8) is 0 Å². The van der Waals surface area contributed by atoms with Gasteiger partial charge < -0.3 is 5.32 Å². The molecule has 0 aliphatic heterocycles. The summed E-state index contributed by atoms with van der Waals surface area (Å²) in [6.07, 6.45) is 4.95. The highest BCUT2D eigenvalue weighted by molar-refractivity contribution is 6.30. The summed E-state index contributed by atoms with van der Waals surface area (Å²) in [5, 5.41) is 8.22. The topological polar surface area (TPSA) is 44.7 Å². The first-order valence-corrected chi connectivity index (χ1v) is 8.55. The normalized spacial score (nSPS) is 11.2. The molecular weight excluding hydrogens is 310 g/mol. The molecule has 0 spiro atoms. The lowest BCUT2D eigenvalue weighted by Gasteiger charge is -2.15. The van der Waals surface area contributed by atoms with Crippen molar-refractivity contribution >= 4 is 17.3 Å². The van der Waals surface area contributed by atoms with E-state index in [9.17, 15) is 4.91 Å². The highest BCUT2D eigenvalue weighted by atomic mass is 35.5. The van der Waals surface area contributed by atoms with Crippen LogP contribution in [0.5, 0.6) is 0 Å². The molecule has 0 fully saturated rings. The number of benzene rings is 1. The van der Waals surface area contributed by atoms with E-state index in [0.29, 0.717) is 23.5 Å². The van der Waals surface area contributed by atoms with Crippen LogP contribution in [0.25, 0.3) is 0 Å². The number of nitroso groups, excluding NO2 is 1. The summed E-state index contributed by atoms with van der Waals surface area (Å²) in [6, 6.07) is 7.71. The van der Waals surface area contributed by atoms with Gasteiger partial charge in [-0.05, 0) is 62.6 Å². The standard InChI is InChI=1S/C12H17ClN2O.C6H13N/c1-10(2)4-3-9-15(14-16)12-7-5-11(13)6-8-12;1-4-6(3)7-5-2/h5-8,10H,3-4,9H2,1-2H3;5-7H,2,4H2,1,3H3. The molecule has 5 heteroatoms. The molecule has 0 saturated heterocycles. The number of anilines is 1. The smallest absolute Gasteiger partial charge is 0.0627 e. The van der Waals surface area contributed by atoms with Gasteiger partial charge in [-0.2, -0.15) is 0 Å². The van der Waals surface area contributed by atoms with Crippen molar-refractivity contribution in [3.8, 4) is 0 Å². The van der Waals surface area contributed by atoms with Gasteiger partial charge in [0, 0.05) is 17.6 Å². The van der Waals surface area contributed by atoms with E-state index in [1.165, 1.54) is 5.01 Å². The first kappa shape index (κ1) is 21.4. The van der Waals surface area contributed by atoms with Gasteiger partial charge in [-0.15, -0.1) is 4.91 Å². The van der Waals surface area contributed by atoms with E-state index in [-0.39, 0.29) is 0 Å². The fourth-order valence-corrected chi connectivity index (χ4v) is 1.92. The highest BCUT2D eigenvalue weighted by Crippen LogP contribution is 2.19. The van der Waals surface area contributed by atoms with Crippen molar-refractivity contribution in [1.82, 2.24) is 5.32 Å². The summed E-state index contributed by atoms with van der Waals surface area (Å²) >= 11 is 5.78. The molecule has 1 aromatic carbocycles. The maximum atomic E-state index is 10.7. The van der Waals surface area contributed by atoms with E-state index >= 15 is 0 Å². The van der Waals surface area contributed by atoms with E-state index in [2.05, 4.69) is 44.9 Å². The Morgan fingerprint density at radius 2 is 1.91 bits per heavy atom. The zero-order chi connectivity index (χ0) is 17.7. The molecule has 0 aliphatic rings. The minimum absolute atomic E-state index is 0.581. The zero-order valence-electron chi connectivity index (χ0n) is 14.8. The maximum Gasteiger partial charge on any atom is 0.0627 e. The van der Waals surface area contributed by atoms with Gasteiger partial charge in [0.05, 0.1) is 11.0 Å². The van der Waals surface area contributed by atoms with E-state index < -0.39 is 0 Å². The quantitative estimate of drug-likeness (QED) is 0.458. The van der Waals surface area contributed by atoms with Crippen molar-refractivity contribution < 1.29 is 0 Å². The third-order valence-corrected chi connectivity index (χ3v) is 3.64. The van der Waals surface area contributed by atoms with Gasteiger partial charge in [-0.25, -0.2) is 5.01 Å². The second-order valence-electron chi connectivity index (χ2n) is 5.90. The van der Waals surface area contributed by atoms with Crippen LogP contribution in [0.2, 0.25) is 5.02 Å². The Labute approximate surface area is 145 Å². The van der Waals surface area contributed by atoms with Gasteiger partial charge >= 0.3 is 0 Å². The van der Waals surface area contributed by atoms with Gasteiger partial charge in [0.2, 0.25) is 0 Å². The molecule has 0 heterocycles. The maximum absolute atomic E-state index is 10.7. The van der Waals surface area contributed by atoms with Crippen molar-refractivity contribution in [2.75, 3.05) is 11.6 Å². The lowest BCUT2D eigenvalue weighted by Crippen LogP contribution is -2.17. The molecule has 1 atom stereocenters. The van der Waals surface area contributed by atoms with Crippen LogP contribution in [0, 0.1) is 10.8 Å². The van der Waals surface area contributed by atoms with Gasteiger partial charge in [0.1, 0.15) is 0 Å². The number of hydrogen-bond acceptors (Lipinski definition) is 3. The van der Waals surface area contributed by atoms with Crippen LogP contribution in [-0.4, -0.2) is 12.6 Å². The van der Waals surface area contributed by atoms with Crippen molar-refractivity contribution in [3.05, 3.63) is 47.0 Å². The SMILES string of the molecule is C=CNC(C)CC.CC(C)CCCN(N=O)c1ccc(Cl)cc1. The molecule has 0 saturated carbocycles. The molecular formula is C18H30ClN3O. The van der Waals surface area contributed by atoms with Crippen LogP contribution in [-0.2, 0) is 0 Å². The van der Waals surface area contributed by atoms with Crippen molar-refractivity contribution in [1.29, 1.82) is 0 Å². The van der Waals surface area contributed by atoms with E-state index in [0.717, 1.165) is 24.9 Å². The summed E-state index contributed by atoms with van der Waals surface area (Å²) in [4.78, 5) is 10.7. The number of hydrogen-bond donors (Lipinski definition) is 1. The molecule has 23 heavy (non-hydrogen) atoms. The van der Waals surface area contributed by atoms with Gasteiger partial charge in [-0.3, -0.25) is 0 Å². The van der Waals surface area contributed by atoms with E-state index in [4.69, 9.17) is 11.6 Å². The summed E-state index contributed by atoms with van der Waals surface area (Å²) in [6.45, 7) is 12.8. The fourth-order valence-electron chi connectivity index (χ4n) is 1.80. The van der Waals surface area contributed by atoms with Crippen LogP contribution in [0.4, 0.5) is 5.69 Å². The van der Waals surface area contributed by atoms with Gasteiger partial charge in [0.25, 0.3) is 0 Å². The lowest BCUT2D eigenvalue weighted by molar-refractivity contribution is 0.551. The molecule has 4 nitrogen and oxygen atoms in total. The first-order valence-electron chi connectivity index (χ1n) is 8.17. The fraction of sp³-hybridized carbons (Fsp3) is 0.556. The Morgan fingerprint density at radius 3 is 2.30 bits per heavy atom. The van der Waals surface area contributed by atoms with E-state index in [1.807, 2.05) is 0 Å². The summed E-state index contributed by atoms with van der Waals surface area (Å²) in [7, 11) is 0. The Morgan fingerprint density at radius 1 is 1.30 bits per heavy atom. The van der Waals surface area contributed by atoms with Crippen LogP contribution in [0.3, 0.4) is 0 Å².